The van der Waals surface area contributed by atoms with Crippen molar-refractivity contribution in [3.63, 3.8) is 0 Å². The van der Waals surface area contributed by atoms with Crippen LogP contribution in [0, 0.1) is 0 Å². The van der Waals surface area contributed by atoms with Crippen molar-refractivity contribution in [1.82, 2.24) is 15.5 Å². The monoisotopic (exact) mass is 258 g/mol. The van der Waals surface area contributed by atoms with Gasteiger partial charge >= 0.3 is 0 Å². The summed E-state index contributed by atoms with van der Waals surface area (Å²) in [5, 5.41) is 9.74. The smallest absolute Gasteiger partial charge is 0.269 e. The van der Waals surface area contributed by atoms with E-state index in [0.29, 0.717) is 18.8 Å². The average Bonchev–Trinajstić information content (AvgIpc) is 2.94. The molecule has 0 atom stereocenters. The Morgan fingerprint density at radius 3 is 2.79 bits per heavy atom. The minimum atomic E-state index is -0.133. The van der Waals surface area contributed by atoms with Gasteiger partial charge in [0.15, 0.2) is 0 Å². The molecule has 1 heterocycles. The first-order valence-electron chi connectivity index (χ1n) is 6.40. The van der Waals surface area contributed by atoms with E-state index in [0.717, 1.165) is 24.1 Å². The predicted octanol–water partition coefficient (Wildman–Crippen LogP) is 1.55. The summed E-state index contributed by atoms with van der Waals surface area (Å²) < 4.78 is 0. The molecule has 0 aliphatic rings. The van der Waals surface area contributed by atoms with E-state index in [1.165, 1.54) is 0 Å². The van der Waals surface area contributed by atoms with Gasteiger partial charge in [-0.2, -0.15) is 5.10 Å². The first-order valence-corrected chi connectivity index (χ1v) is 6.40. The van der Waals surface area contributed by atoms with Crippen LogP contribution in [0.25, 0.3) is 11.3 Å². The SMILES string of the molecule is NCCCCNC(=O)c1cc(-c2ccccc2)n[nH]1. The largest absolute Gasteiger partial charge is 0.351 e. The van der Waals surface area contributed by atoms with E-state index in [1.807, 2.05) is 30.3 Å². The van der Waals surface area contributed by atoms with Crippen LogP contribution in [0.15, 0.2) is 36.4 Å². The number of unbranched alkanes of at least 4 members (excludes halogenated alkanes) is 1. The maximum atomic E-state index is 11.8. The van der Waals surface area contributed by atoms with Gasteiger partial charge in [0, 0.05) is 12.1 Å². The standard InChI is InChI=1S/C14H18N4O/c15-8-4-5-9-16-14(19)13-10-12(17-18-13)11-6-2-1-3-7-11/h1-3,6-7,10H,4-5,8-9,15H2,(H,16,19)(H,17,18). The van der Waals surface area contributed by atoms with Crippen molar-refractivity contribution in [1.29, 1.82) is 0 Å². The Morgan fingerprint density at radius 1 is 1.26 bits per heavy atom. The zero-order valence-corrected chi connectivity index (χ0v) is 10.7. The van der Waals surface area contributed by atoms with Crippen molar-refractivity contribution in [3.8, 4) is 11.3 Å². The molecule has 0 fully saturated rings. The van der Waals surface area contributed by atoms with Crippen LogP contribution in [-0.2, 0) is 0 Å². The van der Waals surface area contributed by atoms with E-state index in [1.54, 1.807) is 6.07 Å². The predicted molar refractivity (Wildman–Crippen MR) is 74.6 cm³/mol. The first kappa shape index (κ1) is 13.3. The number of nitrogens with two attached hydrogens (primary N) is 1. The lowest BCUT2D eigenvalue weighted by atomic mass is 10.1. The second kappa shape index (κ2) is 6.70. The number of amides is 1. The Kier molecular flexibility index (Phi) is 4.69. The Balaban J connectivity index is 1.95. The molecule has 1 amide bonds. The van der Waals surface area contributed by atoms with Crippen molar-refractivity contribution in [2.45, 2.75) is 12.8 Å². The van der Waals surface area contributed by atoms with Crippen LogP contribution >= 0.6 is 0 Å². The molecule has 0 saturated heterocycles. The van der Waals surface area contributed by atoms with E-state index in [4.69, 9.17) is 5.73 Å². The highest BCUT2D eigenvalue weighted by Crippen LogP contribution is 2.16. The van der Waals surface area contributed by atoms with Gasteiger partial charge in [0.25, 0.3) is 5.91 Å². The third-order valence-electron chi connectivity index (χ3n) is 2.81. The molecular formula is C14H18N4O. The van der Waals surface area contributed by atoms with Gasteiger partial charge in [-0.3, -0.25) is 9.89 Å². The molecule has 1 aromatic carbocycles. The Bertz CT molecular complexity index is 521. The minimum Gasteiger partial charge on any atom is -0.351 e. The van der Waals surface area contributed by atoms with Gasteiger partial charge in [0.2, 0.25) is 0 Å². The summed E-state index contributed by atoms with van der Waals surface area (Å²) in [4.78, 5) is 11.8. The maximum Gasteiger partial charge on any atom is 0.269 e. The Morgan fingerprint density at radius 2 is 2.05 bits per heavy atom. The lowest BCUT2D eigenvalue weighted by Gasteiger charge is -2.01. The molecule has 0 bridgehead atoms. The van der Waals surface area contributed by atoms with Crippen molar-refractivity contribution < 1.29 is 4.79 Å². The molecule has 5 nitrogen and oxygen atoms in total. The molecule has 0 radical (unpaired) electrons. The second-order valence-corrected chi connectivity index (χ2v) is 4.28. The van der Waals surface area contributed by atoms with Crippen molar-refractivity contribution in [2.75, 3.05) is 13.1 Å². The molecule has 0 aliphatic carbocycles. The number of aromatic amines is 1. The number of H-pyrrole nitrogens is 1. The number of carbonyl (C=O) groups excluding carboxylic acids is 1. The summed E-state index contributed by atoms with van der Waals surface area (Å²) in [5.41, 5.74) is 7.63. The van der Waals surface area contributed by atoms with Gasteiger partial charge in [-0.25, -0.2) is 0 Å². The third kappa shape index (κ3) is 3.66. The fourth-order valence-corrected chi connectivity index (χ4v) is 1.76. The third-order valence-corrected chi connectivity index (χ3v) is 2.81. The number of benzene rings is 1. The quantitative estimate of drug-likeness (QED) is 0.687. The average molecular weight is 258 g/mol. The number of nitrogens with one attached hydrogen (secondary N) is 2. The lowest BCUT2D eigenvalue weighted by molar-refractivity contribution is 0.0948. The van der Waals surface area contributed by atoms with Crippen molar-refractivity contribution in [2.24, 2.45) is 5.73 Å². The van der Waals surface area contributed by atoms with E-state index in [2.05, 4.69) is 15.5 Å². The molecule has 19 heavy (non-hydrogen) atoms. The van der Waals surface area contributed by atoms with Crippen LogP contribution in [0.1, 0.15) is 23.3 Å². The fourth-order valence-electron chi connectivity index (χ4n) is 1.76. The molecule has 4 N–H and O–H groups in total. The number of carbonyl (C=O) groups is 1. The summed E-state index contributed by atoms with van der Waals surface area (Å²) in [6.07, 6.45) is 1.81. The van der Waals surface area contributed by atoms with Crippen molar-refractivity contribution >= 4 is 5.91 Å². The molecule has 5 heteroatoms. The van der Waals surface area contributed by atoms with E-state index >= 15 is 0 Å². The molecule has 0 saturated carbocycles. The Hall–Kier alpha value is -2.14. The number of hydrogen-bond donors (Lipinski definition) is 3. The van der Waals surface area contributed by atoms with Crippen LogP contribution in [-0.4, -0.2) is 29.2 Å². The van der Waals surface area contributed by atoms with Gasteiger partial charge < -0.3 is 11.1 Å². The number of hydrogen-bond acceptors (Lipinski definition) is 3. The molecule has 2 rings (SSSR count). The summed E-state index contributed by atoms with van der Waals surface area (Å²) in [7, 11) is 0. The lowest BCUT2D eigenvalue weighted by Crippen LogP contribution is -2.25. The van der Waals surface area contributed by atoms with Gasteiger partial charge in [-0.15, -0.1) is 0 Å². The molecule has 0 spiro atoms. The van der Waals surface area contributed by atoms with Gasteiger partial charge in [0.1, 0.15) is 5.69 Å². The van der Waals surface area contributed by atoms with Gasteiger partial charge in [-0.05, 0) is 25.5 Å². The van der Waals surface area contributed by atoms with E-state index < -0.39 is 0 Å². The molecular weight excluding hydrogens is 240 g/mol. The van der Waals surface area contributed by atoms with Crippen LogP contribution in [0.5, 0.6) is 0 Å². The number of rotatable bonds is 6. The molecule has 100 valence electrons. The maximum absolute atomic E-state index is 11.8. The topological polar surface area (TPSA) is 83.8 Å². The molecule has 1 aromatic heterocycles. The normalized spacial score (nSPS) is 10.4. The zero-order chi connectivity index (χ0) is 13.5. The van der Waals surface area contributed by atoms with E-state index in [9.17, 15) is 4.79 Å². The zero-order valence-electron chi connectivity index (χ0n) is 10.7. The highest BCUT2D eigenvalue weighted by atomic mass is 16.1. The first-order chi connectivity index (χ1) is 9.31. The van der Waals surface area contributed by atoms with Crippen LogP contribution in [0.2, 0.25) is 0 Å². The summed E-state index contributed by atoms with van der Waals surface area (Å²) in [5.74, 6) is -0.133. The van der Waals surface area contributed by atoms with Crippen molar-refractivity contribution in [3.05, 3.63) is 42.1 Å². The van der Waals surface area contributed by atoms with Gasteiger partial charge in [-0.1, -0.05) is 30.3 Å². The van der Waals surface area contributed by atoms with Crippen LogP contribution in [0.3, 0.4) is 0 Å². The number of nitrogens with zero attached hydrogens (tertiary/aromatic N) is 1. The van der Waals surface area contributed by atoms with E-state index in [-0.39, 0.29) is 5.91 Å². The minimum absolute atomic E-state index is 0.133. The van der Waals surface area contributed by atoms with Crippen LogP contribution in [0.4, 0.5) is 0 Å². The van der Waals surface area contributed by atoms with Crippen LogP contribution < -0.4 is 11.1 Å². The fraction of sp³-hybridized carbons (Fsp3) is 0.286. The highest BCUT2D eigenvalue weighted by Gasteiger charge is 2.09. The molecule has 0 aliphatic heterocycles. The molecule has 2 aromatic rings. The van der Waals surface area contributed by atoms with Gasteiger partial charge in [0.05, 0.1) is 5.69 Å². The molecule has 0 unspecified atom stereocenters. The number of aromatic nitrogens is 2. The highest BCUT2D eigenvalue weighted by molar-refractivity contribution is 5.93. The summed E-state index contributed by atoms with van der Waals surface area (Å²) >= 11 is 0. The summed E-state index contributed by atoms with van der Waals surface area (Å²) in [6.45, 7) is 1.29. The Labute approximate surface area is 112 Å². The second-order valence-electron chi connectivity index (χ2n) is 4.28. The summed E-state index contributed by atoms with van der Waals surface area (Å²) in [6, 6.07) is 11.5.